The number of carbonyl (C=O) groups excluding carboxylic acids is 1. The number of primary amides is 1. The van der Waals surface area contributed by atoms with Crippen LogP contribution in [0.15, 0.2) is 12.3 Å². The predicted octanol–water partition coefficient (Wildman–Crippen LogP) is 1.57. The highest BCUT2D eigenvalue weighted by molar-refractivity contribution is 6.16. The average Bonchev–Trinajstić information content (AvgIpc) is 2.66. The highest BCUT2D eigenvalue weighted by atomic mass is 35.5. The largest absolute Gasteiger partial charge is 0.448 e. The molecule has 18 heavy (non-hydrogen) atoms. The van der Waals surface area contributed by atoms with Gasteiger partial charge in [0.2, 0.25) is 0 Å². The van der Waals surface area contributed by atoms with Crippen molar-refractivity contribution in [3.05, 3.63) is 23.7 Å². The van der Waals surface area contributed by atoms with Crippen molar-refractivity contribution >= 4 is 28.9 Å². The van der Waals surface area contributed by atoms with Crippen LogP contribution in [0.1, 0.15) is 11.4 Å². The highest BCUT2D eigenvalue weighted by Gasteiger charge is 2.11. The fourth-order valence-corrected chi connectivity index (χ4v) is 1.94. The van der Waals surface area contributed by atoms with Gasteiger partial charge in [0.15, 0.2) is 5.65 Å². The van der Waals surface area contributed by atoms with E-state index in [1.54, 1.807) is 6.20 Å². The monoisotopic (exact) mass is 268 g/mol. The first-order valence-corrected chi connectivity index (χ1v) is 5.95. The number of fused-ring (bicyclic) bond motifs is 1. The summed E-state index contributed by atoms with van der Waals surface area (Å²) in [6.07, 6.45) is 0.962. The third kappa shape index (κ3) is 2.53. The summed E-state index contributed by atoms with van der Waals surface area (Å²) < 4.78 is 6.53. The highest BCUT2D eigenvalue weighted by Crippen LogP contribution is 2.16. The van der Waals surface area contributed by atoms with Crippen LogP contribution in [0, 0.1) is 6.92 Å². The number of amides is 1. The number of alkyl halides is 1. The van der Waals surface area contributed by atoms with Gasteiger partial charge in [-0.2, -0.15) is 0 Å². The van der Waals surface area contributed by atoms with Gasteiger partial charge in [-0.05, 0) is 18.6 Å². The van der Waals surface area contributed by atoms with Gasteiger partial charge in [-0.3, -0.25) is 0 Å². The van der Waals surface area contributed by atoms with Gasteiger partial charge in [0.1, 0.15) is 17.9 Å². The third-order valence-corrected chi connectivity index (χ3v) is 2.72. The number of pyridine rings is 1. The number of ether oxygens (including phenoxy) is 1. The Morgan fingerprint density at radius 2 is 2.39 bits per heavy atom. The minimum atomic E-state index is -0.796. The van der Waals surface area contributed by atoms with Crippen LogP contribution in [0.3, 0.4) is 0 Å². The zero-order valence-electron chi connectivity index (χ0n) is 9.89. The van der Waals surface area contributed by atoms with E-state index in [2.05, 4.69) is 9.97 Å². The topological polar surface area (TPSA) is 83.0 Å². The Bertz CT molecular complexity index is 582. The van der Waals surface area contributed by atoms with Gasteiger partial charge in [-0.25, -0.2) is 14.8 Å². The second-order valence-corrected chi connectivity index (χ2v) is 4.10. The number of hydrogen-bond acceptors (Lipinski definition) is 4. The first-order chi connectivity index (χ1) is 8.61. The lowest BCUT2D eigenvalue weighted by molar-refractivity contribution is 0.152. The lowest BCUT2D eigenvalue weighted by atomic mass is 10.3. The lowest BCUT2D eigenvalue weighted by Crippen LogP contribution is -2.17. The van der Waals surface area contributed by atoms with Crippen molar-refractivity contribution in [1.82, 2.24) is 14.5 Å². The fraction of sp³-hybridized carbons (Fsp3) is 0.364. The molecule has 0 atom stereocenters. The molecule has 0 radical (unpaired) electrons. The summed E-state index contributed by atoms with van der Waals surface area (Å²) in [5.41, 5.74) is 7.44. The molecule has 0 aromatic carbocycles. The van der Waals surface area contributed by atoms with E-state index in [0.29, 0.717) is 12.4 Å². The van der Waals surface area contributed by atoms with Gasteiger partial charge < -0.3 is 15.0 Å². The third-order valence-electron chi connectivity index (χ3n) is 2.48. The smallest absolute Gasteiger partial charge is 0.404 e. The summed E-state index contributed by atoms with van der Waals surface area (Å²) in [6, 6.07) is 1.93. The molecule has 6 nitrogen and oxygen atoms in total. The number of hydrogen-bond donors (Lipinski definition) is 1. The van der Waals surface area contributed by atoms with Crippen molar-refractivity contribution in [3.8, 4) is 0 Å². The van der Waals surface area contributed by atoms with Crippen molar-refractivity contribution in [2.24, 2.45) is 5.73 Å². The van der Waals surface area contributed by atoms with E-state index in [9.17, 15) is 4.79 Å². The van der Waals surface area contributed by atoms with Gasteiger partial charge in [0.05, 0.1) is 12.4 Å². The number of aromatic nitrogens is 3. The minimum absolute atomic E-state index is 0.167. The molecule has 0 aliphatic carbocycles. The summed E-state index contributed by atoms with van der Waals surface area (Å²) >= 11 is 5.84. The number of rotatable bonds is 4. The second-order valence-electron chi connectivity index (χ2n) is 3.84. The molecule has 0 bridgehead atoms. The Labute approximate surface area is 109 Å². The van der Waals surface area contributed by atoms with Crippen LogP contribution in [0.25, 0.3) is 11.2 Å². The van der Waals surface area contributed by atoms with E-state index in [1.165, 1.54) is 0 Å². The molecule has 0 saturated carbocycles. The standard InChI is InChI=1S/C11H13ClN4O2/c1-7-4-8-10(14-6-7)16(9(5-12)15-8)2-3-18-11(13)17/h4,6H,2-3,5H2,1H3,(H2,13,17). The quantitative estimate of drug-likeness (QED) is 0.853. The fourth-order valence-electron chi connectivity index (χ4n) is 1.73. The molecule has 2 aromatic rings. The molecule has 0 aliphatic heterocycles. The Kier molecular flexibility index (Phi) is 3.66. The van der Waals surface area contributed by atoms with Crippen molar-refractivity contribution in [2.75, 3.05) is 6.61 Å². The molecule has 0 aliphatic rings. The molecule has 0 unspecified atom stereocenters. The zero-order chi connectivity index (χ0) is 13.1. The minimum Gasteiger partial charge on any atom is -0.448 e. The van der Waals surface area contributed by atoms with Gasteiger partial charge in [0, 0.05) is 6.20 Å². The van der Waals surface area contributed by atoms with Gasteiger partial charge in [-0.1, -0.05) is 0 Å². The molecule has 2 aromatic heterocycles. The van der Waals surface area contributed by atoms with Crippen LogP contribution < -0.4 is 5.73 Å². The number of carbonyl (C=O) groups is 1. The van der Waals surface area contributed by atoms with Crippen LogP contribution in [-0.4, -0.2) is 27.2 Å². The Morgan fingerprint density at radius 3 is 3.06 bits per heavy atom. The van der Waals surface area contributed by atoms with E-state index in [-0.39, 0.29) is 12.5 Å². The van der Waals surface area contributed by atoms with Crippen LogP contribution >= 0.6 is 11.6 Å². The Balaban J connectivity index is 2.31. The average molecular weight is 269 g/mol. The van der Waals surface area contributed by atoms with Crippen LogP contribution in [0.2, 0.25) is 0 Å². The Morgan fingerprint density at radius 1 is 1.61 bits per heavy atom. The SMILES string of the molecule is Cc1cnc2c(c1)nc(CCl)n2CCOC(N)=O. The molecule has 1 amide bonds. The van der Waals surface area contributed by atoms with Crippen LogP contribution in [-0.2, 0) is 17.2 Å². The van der Waals surface area contributed by atoms with Crippen molar-refractivity contribution in [3.63, 3.8) is 0 Å². The molecule has 0 saturated heterocycles. The van der Waals surface area contributed by atoms with E-state index in [4.69, 9.17) is 22.1 Å². The van der Waals surface area contributed by atoms with Gasteiger partial charge in [0.25, 0.3) is 0 Å². The molecular weight excluding hydrogens is 256 g/mol. The molecule has 7 heteroatoms. The number of halogens is 1. The maximum absolute atomic E-state index is 10.5. The summed E-state index contributed by atoms with van der Waals surface area (Å²) in [6.45, 7) is 2.54. The lowest BCUT2D eigenvalue weighted by Gasteiger charge is -2.06. The first kappa shape index (κ1) is 12.6. The second kappa shape index (κ2) is 5.22. The number of imidazole rings is 1. The van der Waals surface area contributed by atoms with E-state index < -0.39 is 6.09 Å². The summed E-state index contributed by atoms with van der Waals surface area (Å²) in [7, 11) is 0. The molecule has 0 spiro atoms. The van der Waals surface area contributed by atoms with Crippen molar-refractivity contribution in [1.29, 1.82) is 0 Å². The zero-order valence-corrected chi connectivity index (χ0v) is 10.6. The summed E-state index contributed by atoms with van der Waals surface area (Å²) in [4.78, 5) is 19.2. The maximum Gasteiger partial charge on any atom is 0.404 e. The van der Waals surface area contributed by atoms with Crippen molar-refractivity contribution < 1.29 is 9.53 Å². The maximum atomic E-state index is 10.5. The molecule has 2 heterocycles. The van der Waals surface area contributed by atoms with Crippen molar-refractivity contribution in [2.45, 2.75) is 19.3 Å². The molecule has 96 valence electrons. The summed E-state index contributed by atoms with van der Waals surface area (Å²) in [5.74, 6) is 0.962. The van der Waals surface area contributed by atoms with Gasteiger partial charge >= 0.3 is 6.09 Å². The summed E-state index contributed by atoms with van der Waals surface area (Å²) in [5, 5.41) is 0. The van der Waals surface area contributed by atoms with Crippen LogP contribution in [0.5, 0.6) is 0 Å². The molecular formula is C11H13ClN4O2. The van der Waals surface area contributed by atoms with E-state index in [0.717, 1.165) is 16.7 Å². The Hall–Kier alpha value is -1.82. The van der Waals surface area contributed by atoms with E-state index in [1.807, 2.05) is 17.6 Å². The van der Waals surface area contributed by atoms with Gasteiger partial charge in [-0.15, -0.1) is 11.6 Å². The van der Waals surface area contributed by atoms with Crippen LogP contribution in [0.4, 0.5) is 4.79 Å². The normalized spacial score (nSPS) is 10.8. The first-order valence-electron chi connectivity index (χ1n) is 5.41. The molecule has 2 rings (SSSR count). The number of nitrogens with two attached hydrogens (primary N) is 1. The predicted molar refractivity (Wildman–Crippen MR) is 67.4 cm³/mol. The molecule has 2 N–H and O–H groups in total. The molecule has 0 fully saturated rings. The number of aryl methyl sites for hydroxylation is 1. The van der Waals surface area contributed by atoms with E-state index >= 15 is 0 Å². The number of nitrogens with zero attached hydrogens (tertiary/aromatic N) is 3.